The molecule has 0 saturated carbocycles. The Labute approximate surface area is 201 Å². The first-order valence-corrected chi connectivity index (χ1v) is 10.6. The Morgan fingerprint density at radius 3 is 2.29 bits per heavy atom. The summed E-state index contributed by atoms with van der Waals surface area (Å²) in [6.07, 6.45) is -0.279. The van der Waals surface area contributed by atoms with Gasteiger partial charge in [-0.25, -0.2) is 4.79 Å². The van der Waals surface area contributed by atoms with E-state index in [9.17, 15) is 4.79 Å². The maximum atomic E-state index is 12.2. The fourth-order valence-corrected chi connectivity index (χ4v) is 3.63. The fourth-order valence-electron chi connectivity index (χ4n) is 3.63. The summed E-state index contributed by atoms with van der Waals surface area (Å²) in [4.78, 5) is 23.0. The van der Waals surface area contributed by atoms with Crippen molar-refractivity contribution in [3.05, 3.63) is 23.7 Å². The lowest BCUT2D eigenvalue weighted by Crippen LogP contribution is -2.53. The van der Waals surface area contributed by atoms with Crippen molar-refractivity contribution in [2.24, 2.45) is 10.7 Å². The van der Waals surface area contributed by atoms with Crippen molar-refractivity contribution in [2.75, 3.05) is 59.0 Å². The summed E-state index contributed by atoms with van der Waals surface area (Å²) >= 11 is 0. The van der Waals surface area contributed by atoms with E-state index in [-0.39, 0.29) is 36.1 Å². The Morgan fingerprint density at radius 1 is 1.13 bits per heavy atom. The van der Waals surface area contributed by atoms with Crippen LogP contribution in [0.15, 0.2) is 21.5 Å². The lowest BCUT2D eigenvalue weighted by atomic mass is 10.1. The van der Waals surface area contributed by atoms with E-state index in [1.54, 1.807) is 4.90 Å². The molecule has 176 valence electrons. The third-order valence-electron chi connectivity index (χ3n) is 5.26. The number of hydrogen-bond acceptors (Lipinski definition) is 6. The van der Waals surface area contributed by atoms with Crippen molar-refractivity contribution in [1.82, 2.24) is 14.7 Å². The molecule has 0 aromatic carbocycles. The van der Waals surface area contributed by atoms with Gasteiger partial charge in [0.05, 0.1) is 25.8 Å². The number of halogens is 1. The van der Waals surface area contributed by atoms with Crippen LogP contribution < -0.4 is 5.73 Å². The normalized spacial score (nSPS) is 19.7. The van der Waals surface area contributed by atoms with E-state index in [2.05, 4.69) is 9.89 Å². The lowest BCUT2D eigenvalue weighted by Gasteiger charge is -2.36. The zero-order valence-electron chi connectivity index (χ0n) is 19.0. The zero-order chi connectivity index (χ0) is 21.7. The summed E-state index contributed by atoms with van der Waals surface area (Å²) in [5.74, 6) is 2.29. The van der Waals surface area contributed by atoms with Gasteiger partial charge in [0.2, 0.25) is 0 Å². The van der Waals surface area contributed by atoms with Crippen LogP contribution in [0.25, 0.3) is 0 Å². The minimum Gasteiger partial charge on any atom is -0.465 e. The molecule has 9 nitrogen and oxygen atoms in total. The van der Waals surface area contributed by atoms with Crippen LogP contribution in [0.3, 0.4) is 0 Å². The number of carbonyl (C=O) groups is 1. The molecule has 1 unspecified atom stereocenters. The van der Waals surface area contributed by atoms with Gasteiger partial charge in [0.25, 0.3) is 0 Å². The number of hydrogen-bond donors (Lipinski definition) is 1. The summed E-state index contributed by atoms with van der Waals surface area (Å²) in [5, 5.41) is 0. The number of nitrogens with zero attached hydrogens (tertiary/aromatic N) is 4. The van der Waals surface area contributed by atoms with Gasteiger partial charge in [0, 0.05) is 39.3 Å². The Balaban J connectivity index is 0.00000341. The SMILES string of the molecule is Cc1ccc(C(CN=C(N)N2CCN(C(=O)OC(C)(C)C)CC2)N2CCOCC2)o1.I. The van der Waals surface area contributed by atoms with Crippen LogP contribution in [-0.4, -0.2) is 91.4 Å². The number of piperazine rings is 1. The van der Waals surface area contributed by atoms with Gasteiger partial charge in [-0.05, 0) is 39.8 Å². The Bertz CT molecular complexity index is 734. The third-order valence-corrected chi connectivity index (χ3v) is 5.26. The molecule has 2 saturated heterocycles. The maximum Gasteiger partial charge on any atom is 0.410 e. The van der Waals surface area contributed by atoms with Crippen LogP contribution in [0.5, 0.6) is 0 Å². The molecule has 2 aliphatic rings. The van der Waals surface area contributed by atoms with Gasteiger partial charge >= 0.3 is 6.09 Å². The first-order valence-electron chi connectivity index (χ1n) is 10.6. The van der Waals surface area contributed by atoms with Crippen molar-refractivity contribution in [1.29, 1.82) is 0 Å². The lowest BCUT2D eigenvalue weighted by molar-refractivity contribution is 0.0132. The molecule has 0 radical (unpaired) electrons. The molecule has 2 aliphatic heterocycles. The Morgan fingerprint density at radius 2 is 1.74 bits per heavy atom. The molecule has 1 aromatic heterocycles. The molecule has 3 heterocycles. The van der Waals surface area contributed by atoms with Gasteiger partial charge in [0.15, 0.2) is 5.96 Å². The average molecular weight is 549 g/mol. The molecule has 1 amide bonds. The number of furan rings is 1. The first kappa shape index (κ1) is 25.7. The van der Waals surface area contributed by atoms with Crippen LogP contribution in [0.1, 0.15) is 38.3 Å². The molecule has 3 rings (SSSR count). The number of ether oxygens (including phenoxy) is 2. The number of aliphatic imine (C=N–C) groups is 1. The predicted octanol–water partition coefficient (Wildman–Crippen LogP) is 2.45. The highest BCUT2D eigenvalue weighted by Crippen LogP contribution is 2.24. The smallest absolute Gasteiger partial charge is 0.410 e. The summed E-state index contributed by atoms with van der Waals surface area (Å²) in [6.45, 7) is 13.6. The topological polar surface area (TPSA) is 96.8 Å². The molecule has 0 aliphatic carbocycles. The largest absolute Gasteiger partial charge is 0.465 e. The second-order valence-corrected chi connectivity index (χ2v) is 8.77. The van der Waals surface area contributed by atoms with Gasteiger partial charge in [0.1, 0.15) is 17.1 Å². The Hall–Kier alpha value is -1.53. The molecule has 2 N–H and O–H groups in total. The number of amides is 1. The molecule has 10 heteroatoms. The predicted molar refractivity (Wildman–Crippen MR) is 130 cm³/mol. The van der Waals surface area contributed by atoms with E-state index < -0.39 is 5.60 Å². The second kappa shape index (κ2) is 11.4. The molecular formula is C21H36IN5O4. The number of morpholine rings is 1. The van der Waals surface area contributed by atoms with Gasteiger partial charge in [-0.15, -0.1) is 24.0 Å². The minimum atomic E-state index is -0.493. The fraction of sp³-hybridized carbons (Fsp3) is 0.714. The number of aryl methyl sites for hydroxylation is 1. The minimum absolute atomic E-state index is 0. The second-order valence-electron chi connectivity index (χ2n) is 8.77. The van der Waals surface area contributed by atoms with E-state index in [0.717, 1.165) is 24.6 Å². The van der Waals surface area contributed by atoms with Gasteiger partial charge in [-0.3, -0.25) is 9.89 Å². The van der Waals surface area contributed by atoms with Gasteiger partial charge in [-0.1, -0.05) is 0 Å². The van der Waals surface area contributed by atoms with E-state index in [0.29, 0.717) is 51.9 Å². The summed E-state index contributed by atoms with van der Waals surface area (Å²) < 4.78 is 16.8. The van der Waals surface area contributed by atoms with Crippen LogP contribution in [0, 0.1) is 6.92 Å². The van der Waals surface area contributed by atoms with Crippen molar-refractivity contribution in [3.63, 3.8) is 0 Å². The van der Waals surface area contributed by atoms with Gasteiger partial charge in [-0.2, -0.15) is 0 Å². The third kappa shape index (κ3) is 7.53. The highest BCUT2D eigenvalue weighted by atomic mass is 127. The van der Waals surface area contributed by atoms with Crippen molar-refractivity contribution >= 4 is 36.0 Å². The van der Waals surface area contributed by atoms with E-state index >= 15 is 0 Å². The van der Waals surface area contributed by atoms with Crippen LogP contribution in [-0.2, 0) is 9.47 Å². The first-order chi connectivity index (χ1) is 14.2. The molecule has 1 atom stereocenters. The van der Waals surface area contributed by atoms with Crippen molar-refractivity contribution < 1.29 is 18.7 Å². The molecule has 31 heavy (non-hydrogen) atoms. The van der Waals surface area contributed by atoms with Crippen LogP contribution >= 0.6 is 24.0 Å². The average Bonchev–Trinajstić information content (AvgIpc) is 3.13. The van der Waals surface area contributed by atoms with Gasteiger partial charge < -0.3 is 29.4 Å². The quantitative estimate of drug-likeness (QED) is 0.350. The van der Waals surface area contributed by atoms with E-state index in [1.165, 1.54) is 0 Å². The van der Waals surface area contributed by atoms with E-state index in [1.807, 2.05) is 44.7 Å². The highest BCUT2D eigenvalue weighted by molar-refractivity contribution is 14.0. The van der Waals surface area contributed by atoms with Crippen LogP contribution in [0.2, 0.25) is 0 Å². The standard InChI is InChI=1S/C21H35N5O4.HI/c1-16-5-6-18(29-16)17(24-11-13-28-14-12-24)15-23-19(22)25-7-9-26(10-8-25)20(27)30-21(2,3)4;/h5-6,17H,7-15H2,1-4H3,(H2,22,23);1H. The molecule has 2 fully saturated rings. The van der Waals surface area contributed by atoms with Crippen LogP contribution in [0.4, 0.5) is 4.79 Å². The number of carbonyl (C=O) groups excluding carboxylic acids is 1. The zero-order valence-corrected chi connectivity index (χ0v) is 21.3. The summed E-state index contributed by atoms with van der Waals surface area (Å²) in [7, 11) is 0. The van der Waals surface area contributed by atoms with Crippen molar-refractivity contribution in [2.45, 2.75) is 39.3 Å². The number of guanidine groups is 1. The molecule has 0 bridgehead atoms. The maximum absolute atomic E-state index is 12.2. The molecule has 0 spiro atoms. The number of nitrogens with two attached hydrogens (primary N) is 1. The summed E-state index contributed by atoms with van der Waals surface area (Å²) in [6, 6.07) is 4.02. The molecule has 1 aromatic rings. The highest BCUT2D eigenvalue weighted by Gasteiger charge is 2.28. The van der Waals surface area contributed by atoms with E-state index in [4.69, 9.17) is 19.6 Å². The number of rotatable bonds is 4. The monoisotopic (exact) mass is 549 g/mol. The Kier molecular flexibility index (Phi) is 9.44. The van der Waals surface area contributed by atoms with Crippen molar-refractivity contribution in [3.8, 4) is 0 Å². The summed E-state index contributed by atoms with van der Waals surface area (Å²) in [5.41, 5.74) is 5.81. The molecular weight excluding hydrogens is 513 g/mol.